The molecule has 0 saturated heterocycles. The molecule has 0 spiro atoms. The minimum absolute atomic E-state index is 0.643. The number of allylic oxidation sites excluding steroid dienone is 4. The molecule has 0 aliphatic rings. The van der Waals surface area contributed by atoms with Gasteiger partial charge in [-0.15, -0.1) is 0 Å². The molecule has 1 N–H and O–H groups in total. The van der Waals surface area contributed by atoms with Crippen LogP contribution in [0.5, 0.6) is 0 Å². The molecule has 21 heavy (non-hydrogen) atoms. The highest BCUT2D eigenvalue weighted by Gasteiger charge is 2.07. The van der Waals surface area contributed by atoms with Crippen molar-refractivity contribution in [2.24, 2.45) is 5.92 Å². The van der Waals surface area contributed by atoms with Gasteiger partial charge in [-0.3, -0.25) is 5.10 Å². The molecule has 1 aromatic heterocycles. The summed E-state index contributed by atoms with van der Waals surface area (Å²) in [4.78, 5) is 0. The fourth-order valence-electron chi connectivity index (χ4n) is 2.05. The van der Waals surface area contributed by atoms with Crippen molar-refractivity contribution in [2.45, 2.75) is 46.5 Å². The average Bonchev–Trinajstić information content (AvgIpc) is 3.04. The summed E-state index contributed by atoms with van der Waals surface area (Å²) in [6, 6.07) is 1.90. The number of hydrogen-bond acceptors (Lipinski definition) is 2. The lowest BCUT2D eigenvalue weighted by Crippen LogP contribution is -2.08. The summed E-state index contributed by atoms with van der Waals surface area (Å²) >= 11 is 0. The molecule has 1 aromatic rings. The number of nitrogens with one attached hydrogen (secondary N) is 1. The van der Waals surface area contributed by atoms with E-state index in [-0.39, 0.29) is 0 Å². The van der Waals surface area contributed by atoms with E-state index in [2.05, 4.69) is 30.6 Å². The summed E-state index contributed by atoms with van der Waals surface area (Å²) in [7, 11) is 0. The van der Waals surface area contributed by atoms with E-state index in [4.69, 9.17) is 4.74 Å². The van der Waals surface area contributed by atoms with Crippen molar-refractivity contribution in [1.29, 1.82) is 0 Å². The van der Waals surface area contributed by atoms with Gasteiger partial charge in [0.05, 0.1) is 12.3 Å². The number of aromatic amines is 1. The average molecular weight is 288 g/mol. The van der Waals surface area contributed by atoms with E-state index in [0.717, 1.165) is 23.6 Å². The predicted molar refractivity (Wildman–Crippen MR) is 89.8 cm³/mol. The normalized spacial score (nSPS) is 13.6. The number of rotatable bonds is 10. The van der Waals surface area contributed by atoms with Crippen molar-refractivity contribution in [2.75, 3.05) is 6.61 Å². The van der Waals surface area contributed by atoms with E-state index in [1.54, 1.807) is 6.20 Å². The largest absolute Gasteiger partial charge is 0.494 e. The molecule has 1 rings (SSSR count). The summed E-state index contributed by atoms with van der Waals surface area (Å²) in [5.41, 5.74) is 1.82. The van der Waals surface area contributed by atoms with E-state index in [1.807, 2.05) is 31.2 Å². The lowest BCUT2D eigenvalue weighted by molar-refractivity contribution is 0.164. The summed E-state index contributed by atoms with van der Waals surface area (Å²) in [5, 5.41) is 6.82. The number of H-pyrrole nitrogens is 1. The van der Waals surface area contributed by atoms with Gasteiger partial charge < -0.3 is 4.74 Å². The van der Waals surface area contributed by atoms with Crippen LogP contribution in [-0.4, -0.2) is 16.8 Å². The molecular weight excluding hydrogens is 260 g/mol. The molecule has 3 nitrogen and oxygen atoms in total. The Morgan fingerprint density at radius 2 is 2.24 bits per heavy atom. The molecule has 0 amide bonds. The van der Waals surface area contributed by atoms with Crippen LogP contribution < -0.4 is 0 Å². The Hall–Kier alpha value is -1.77. The van der Waals surface area contributed by atoms with Crippen LogP contribution in [0, 0.1) is 5.92 Å². The van der Waals surface area contributed by atoms with Crippen LogP contribution in [-0.2, 0) is 4.74 Å². The quantitative estimate of drug-likeness (QED) is 0.479. The minimum Gasteiger partial charge on any atom is -0.494 e. The Kier molecular flexibility index (Phi) is 8.25. The summed E-state index contributed by atoms with van der Waals surface area (Å²) in [6.07, 6.45) is 12.6. The molecule has 0 radical (unpaired) electrons. The molecule has 116 valence electrons. The third kappa shape index (κ3) is 6.48. The molecule has 0 aliphatic heterocycles. The first-order valence-corrected chi connectivity index (χ1v) is 7.87. The number of ether oxygens (including phenoxy) is 1. The Labute approximate surface area is 128 Å². The third-order valence-corrected chi connectivity index (χ3v) is 3.61. The van der Waals surface area contributed by atoms with Crippen molar-refractivity contribution in [3.05, 3.63) is 48.5 Å². The van der Waals surface area contributed by atoms with E-state index in [0.29, 0.717) is 5.92 Å². The highest BCUT2D eigenvalue weighted by Crippen LogP contribution is 2.16. The monoisotopic (exact) mass is 288 g/mol. The topological polar surface area (TPSA) is 37.9 Å². The van der Waals surface area contributed by atoms with Crippen molar-refractivity contribution in [3.8, 4) is 0 Å². The second-order valence-corrected chi connectivity index (χ2v) is 5.25. The van der Waals surface area contributed by atoms with Crippen LogP contribution in [0.2, 0.25) is 0 Å². The fourth-order valence-corrected chi connectivity index (χ4v) is 2.05. The second kappa shape index (κ2) is 10.0. The van der Waals surface area contributed by atoms with E-state index >= 15 is 0 Å². The van der Waals surface area contributed by atoms with Gasteiger partial charge in [-0.2, -0.15) is 5.10 Å². The van der Waals surface area contributed by atoms with Gasteiger partial charge in [0.25, 0.3) is 0 Å². The molecule has 3 heteroatoms. The van der Waals surface area contributed by atoms with Crippen LogP contribution in [0.4, 0.5) is 0 Å². The maximum Gasteiger partial charge on any atom is 0.115 e. The van der Waals surface area contributed by atoms with Gasteiger partial charge in [0.2, 0.25) is 0 Å². The Morgan fingerprint density at radius 3 is 2.81 bits per heavy atom. The first kappa shape index (κ1) is 17.3. The van der Waals surface area contributed by atoms with Crippen LogP contribution >= 0.6 is 0 Å². The minimum atomic E-state index is 0.643. The van der Waals surface area contributed by atoms with Crippen LogP contribution in [0.3, 0.4) is 0 Å². The number of nitrogens with zero attached hydrogens (tertiary/aromatic N) is 1. The van der Waals surface area contributed by atoms with Crippen molar-refractivity contribution >= 4 is 5.57 Å². The van der Waals surface area contributed by atoms with Gasteiger partial charge in [0.15, 0.2) is 0 Å². The highest BCUT2D eigenvalue weighted by molar-refractivity contribution is 5.69. The molecule has 0 bridgehead atoms. The Bertz CT molecular complexity index is 458. The molecular formula is C18H28N2O. The van der Waals surface area contributed by atoms with Gasteiger partial charge >= 0.3 is 0 Å². The van der Waals surface area contributed by atoms with Crippen LogP contribution in [0.25, 0.3) is 5.57 Å². The van der Waals surface area contributed by atoms with Gasteiger partial charge in [-0.05, 0) is 49.1 Å². The van der Waals surface area contributed by atoms with Gasteiger partial charge in [-0.25, -0.2) is 0 Å². The van der Waals surface area contributed by atoms with E-state index in [1.165, 1.54) is 25.7 Å². The molecule has 0 saturated carbocycles. The van der Waals surface area contributed by atoms with Crippen LogP contribution in [0.1, 0.15) is 52.1 Å². The Morgan fingerprint density at radius 1 is 1.43 bits per heavy atom. The lowest BCUT2D eigenvalue weighted by atomic mass is 10.0. The smallest absolute Gasteiger partial charge is 0.115 e. The summed E-state index contributed by atoms with van der Waals surface area (Å²) in [5.74, 6) is 1.54. The molecule has 0 aromatic carbocycles. The standard InChI is InChI=1S/C18H28N2O/c1-5-8-9-16(6-2)14-21-17(7-3)11-10-15(4)18-12-13-19-20-18/h7,10-13,16H,4-6,8-9,14H2,1-3H3,(H,19,20)/b11-10-,17-7+/t16-/m0/s1. The number of unbranched alkanes of at least 4 members (excludes halogenated alkanes) is 1. The summed E-state index contributed by atoms with van der Waals surface area (Å²) < 4.78 is 5.92. The summed E-state index contributed by atoms with van der Waals surface area (Å²) in [6.45, 7) is 11.3. The van der Waals surface area contributed by atoms with E-state index in [9.17, 15) is 0 Å². The maximum absolute atomic E-state index is 5.92. The fraction of sp³-hybridized carbons (Fsp3) is 0.500. The van der Waals surface area contributed by atoms with Crippen molar-refractivity contribution in [3.63, 3.8) is 0 Å². The zero-order valence-electron chi connectivity index (χ0n) is 13.6. The molecule has 1 atom stereocenters. The predicted octanol–water partition coefficient (Wildman–Crippen LogP) is 5.12. The first-order valence-electron chi connectivity index (χ1n) is 7.87. The lowest BCUT2D eigenvalue weighted by Gasteiger charge is -2.16. The van der Waals surface area contributed by atoms with E-state index < -0.39 is 0 Å². The zero-order valence-corrected chi connectivity index (χ0v) is 13.6. The molecule has 0 aliphatic carbocycles. The zero-order chi connectivity index (χ0) is 15.5. The van der Waals surface area contributed by atoms with Gasteiger partial charge in [0.1, 0.15) is 5.76 Å². The van der Waals surface area contributed by atoms with Crippen LogP contribution in [0.15, 0.2) is 42.8 Å². The molecule has 0 fully saturated rings. The maximum atomic E-state index is 5.92. The highest BCUT2D eigenvalue weighted by atomic mass is 16.5. The van der Waals surface area contributed by atoms with Crippen molar-refractivity contribution in [1.82, 2.24) is 10.2 Å². The SMILES string of the molecule is C=C(/C=C\C(=C/C)OC[C@@H](CC)CCCC)c1ccn[nH]1. The molecule has 1 heterocycles. The molecule has 0 unspecified atom stereocenters. The number of hydrogen-bond donors (Lipinski definition) is 1. The second-order valence-electron chi connectivity index (χ2n) is 5.25. The number of aromatic nitrogens is 2. The Balaban J connectivity index is 2.46. The third-order valence-electron chi connectivity index (χ3n) is 3.61. The van der Waals surface area contributed by atoms with Gasteiger partial charge in [-0.1, -0.05) is 39.7 Å². The van der Waals surface area contributed by atoms with Gasteiger partial charge in [0, 0.05) is 6.20 Å². The van der Waals surface area contributed by atoms with Crippen molar-refractivity contribution < 1.29 is 4.74 Å². The first-order chi connectivity index (χ1) is 10.2.